The average molecular weight is 396 g/mol. The molecule has 124 valence electrons. The highest BCUT2D eigenvalue weighted by atomic mass is 79.9. The van der Waals surface area contributed by atoms with Crippen LogP contribution in [-0.2, 0) is 0 Å². The molecule has 0 amide bonds. The van der Waals surface area contributed by atoms with Crippen molar-refractivity contribution in [2.45, 2.75) is 12.5 Å². The second kappa shape index (κ2) is 6.15. The summed E-state index contributed by atoms with van der Waals surface area (Å²) in [6.07, 6.45) is 0.648. The Labute approximate surface area is 143 Å². The van der Waals surface area contributed by atoms with Gasteiger partial charge in [0, 0.05) is 19.0 Å². The van der Waals surface area contributed by atoms with Gasteiger partial charge < -0.3 is 14.1 Å². The van der Waals surface area contributed by atoms with Gasteiger partial charge in [-0.15, -0.1) is 10.2 Å². The third-order valence-electron chi connectivity index (χ3n) is 3.56. The normalized spacial score (nSPS) is 17.4. The quantitative estimate of drug-likeness (QED) is 0.712. The van der Waals surface area contributed by atoms with Crippen LogP contribution in [0.2, 0.25) is 0 Å². The van der Waals surface area contributed by atoms with E-state index in [9.17, 15) is 4.39 Å². The zero-order valence-electron chi connectivity index (χ0n) is 12.2. The van der Waals surface area contributed by atoms with Gasteiger partial charge in [0.25, 0.3) is 5.89 Å². The van der Waals surface area contributed by atoms with Crippen molar-refractivity contribution in [1.29, 1.82) is 0 Å². The number of halogens is 2. The molecule has 3 aromatic rings. The molecule has 4 rings (SSSR count). The van der Waals surface area contributed by atoms with E-state index in [0.29, 0.717) is 35.2 Å². The number of nitrogens with zero attached hydrogens (tertiary/aromatic N) is 6. The molecule has 1 N–H and O–H groups in total. The van der Waals surface area contributed by atoms with Crippen LogP contribution in [0, 0.1) is 5.82 Å². The summed E-state index contributed by atoms with van der Waals surface area (Å²) in [7, 11) is 0. The number of aromatic amines is 1. The number of H-pyrrole nitrogens is 1. The highest BCUT2D eigenvalue weighted by Gasteiger charge is 2.28. The molecule has 1 atom stereocenters. The van der Waals surface area contributed by atoms with Crippen molar-refractivity contribution >= 4 is 21.9 Å². The number of tetrazole rings is 1. The van der Waals surface area contributed by atoms with E-state index >= 15 is 0 Å². The molecule has 11 heteroatoms. The minimum Gasteiger partial charge on any atom is -0.487 e. The largest absolute Gasteiger partial charge is 0.487 e. The van der Waals surface area contributed by atoms with Gasteiger partial charge in [-0.05, 0) is 38.5 Å². The fourth-order valence-electron chi connectivity index (χ4n) is 2.43. The van der Waals surface area contributed by atoms with Crippen molar-refractivity contribution < 1.29 is 13.5 Å². The maximum Gasteiger partial charge on any atom is 0.318 e. The van der Waals surface area contributed by atoms with E-state index in [-0.39, 0.29) is 17.8 Å². The number of rotatable bonds is 4. The van der Waals surface area contributed by atoms with Crippen LogP contribution in [0.15, 0.2) is 27.1 Å². The number of nitrogens with one attached hydrogen (secondary N) is 1. The van der Waals surface area contributed by atoms with Gasteiger partial charge in [0.15, 0.2) is 0 Å². The molecule has 1 aliphatic rings. The molecule has 0 saturated carbocycles. The van der Waals surface area contributed by atoms with Gasteiger partial charge in [-0.2, -0.15) is 0 Å². The highest BCUT2D eigenvalue weighted by molar-refractivity contribution is 9.10. The van der Waals surface area contributed by atoms with Crippen molar-refractivity contribution in [3.8, 4) is 17.5 Å². The Kier molecular flexibility index (Phi) is 3.84. The van der Waals surface area contributed by atoms with Gasteiger partial charge in [-0.1, -0.05) is 5.10 Å². The molecule has 0 spiro atoms. The highest BCUT2D eigenvalue weighted by Crippen LogP contribution is 2.29. The minimum absolute atomic E-state index is 0.106. The lowest BCUT2D eigenvalue weighted by Crippen LogP contribution is -2.24. The molecular formula is C13H11BrFN7O2. The maximum absolute atomic E-state index is 13.3. The SMILES string of the molecule is Fc1ccc(Br)c(OC2CCN(c3nnc(-c4nnn[nH]4)o3)C2)c1. The van der Waals surface area contributed by atoms with Gasteiger partial charge >= 0.3 is 6.01 Å². The Balaban J connectivity index is 1.44. The molecule has 1 aromatic carbocycles. The molecule has 1 saturated heterocycles. The number of hydrogen-bond donors (Lipinski definition) is 1. The van der Waals surface area contributed by atoms with Gasteiger partial charge in [-0.25, -0.2) is 9.49 Å². The maximum atomic E-state index is 13.3. The minimum atomic E-state index is -0.342. The van der Waals surface area contributed by atoms with E-state index in [0.717, 1.165) is 6.42 Å². The molecule has 0 aliphatic carbocycles. The van der Waals surface area contributed by atoms with Gasteiger partial charge in [0.05, 0.1) is 11.0 Å². The summed E-state index contributed by atoms with van der Waals surface area (Å²) in [6.45, 7) is 1.24. The van der Waals surface area contributed by atoms with E-state index in [4.69, 9.17) is 9.15 Å². The van der Waals surface area contributed by atoms with Crippen LogP contribution >= 0.6 is 15.9 Å². The molecule has 0 radical (unpaired) electrons. The van der Waals surface area contributed by atoms with Crippen molar-refractivity contribution in [2.75, 3.05) is 18.0 Å². The fourth-order valence-corrected chi connectivity index (χ4v) is 2.77. The van der Waals surface area contributed by atoms with Gasteiger partial charge in [0.1, 0.15) is 17.7 Å². The first-order valence-corrected chi connectivity index (χ1v) is 7.92. The van der Waals surface area contributed by atoms with Crippen LogP contribution in [0.3, 0.4) is 0 Å². The predicted molar refractivity (Wildman–Crippen MR) is 82.8 cm³/mol. The fraction of sp³-hybridized carbons (Fsp3) is 0.308. The second-order valence-corrected chi connectivity index (χ2v) is 6.04. The molecule has 3 heterocycles. The molecule has 2 aromatic heterocycles. The van der Waals surface area contributed by atoms with Crippen molar-refractivity contribution in [3.63, 3.8) is 0 Å². The number of ether oxygens (including phenoxy) is 1. The van der Waals surface area contributed by atoms with Crippen molar-refractivity contribution in [2.24, 2.45) is 0 Å². The molecule has 9 nitrogen and oxygen atoms in total. The summed E-state index contributed by atoms with van der Waals surface area (Å²) < 4.78 is 25.5. The second-order valence-electron chi connectivity index (χ2n) is 5.19. The first-order valence-electron chi connectivity index (χ1n) is 7.13. The Hall–Kier alpha value is -2.56. The summed E-state index contributed by atoms with van der Waals surface area (Å²) in [4.78, 5) is 1.90. The Morgan fingerprint density at radius 2 is 2.25 bits per heavy atom. The van der Waals surface area contributed by atoms with E-state index < -0.39 is 0 Å². The lowest BCUT2D eigenvalue weighted by Gasteiger charge is -2.16. The monoisotopic (exact) mass is 395 g/mol. The Morgan fingerprint density at radius 3 is 3.08 bits per heavy atom. The van der Waals surface area contributed by atoms with Crippen LogP contribution < -0.4 is 9.64 Å². The lowest BCUT2D eigenvalue weighted by atomic mass is 10.3. The summed E-state index contributed by atoms with van der Waals surface area (Å²) >= 11 is 3.35. The van der Waals surface area contributed by atoms with Gasteiger partial charge in [0.2, 0.25) is 5.82 Å². The van der Waals surface area contributed by atoms with E-state index in [1.165, 1.54) is 12.1 Å². The predicted octanol–water partition coefficient (Wildman–Crippen LogP) is 1.81. The molecule has 1 unspecified atom stereocenters. The molecule has 1 aliphatic heterocycles. The lowest BCUT2D eigenvalue weighted by molar-refractivity contribution is 0.222. The molecule has 0 bridgehead atoms. The number of hydrogen-bond acceptors (Lipinski definition) is 8. The van der Waals surface area contributed by atoms with Crippen LogP contribution in [0.4, 0.5) is 10.4 Å². The van der Waals surface area contributed by atoms with E-state index in [2.05, 4.69) is 46.8 Å². The molecular weight excluding hydrogens is 385 g/mol. The summed E-state index contributed by atoms with van der Waals surface area (Å²) in [5, 5.41) is 21.1. The van der Waals surface area contributed by atoms with Crippen LogP contribution in [0.5, 0.6) is 5.75 Å². The Bertz CT molecular complexity index is 841. The van der Waals surface area contributed by atoms with E-state index in [1.54, 1.807) is 6.07 Å². The topological polar surface area (TPSA) is 106 Å². The summed E-state index contributed by atoms with van der Waals surface area (Å²) in [5.74, 6) is 0.655. The first kappa shape index (κ1) is 15.0. The zero-order valence-corrected chi connectivity index (χ0v) is 13.8. The average Bonchev–Trinajstić information content (AvgIpc) is 3.30. The number of aromatic nitrogens is 6. The third-order valence-corrected chi connectivity index (χ3v) is 4.22. The van der Waals surface area contributed by atoms with Crippen LogP contribution in [0.25, 0.3) is 11.7 Å². The van der Waals surface area contributed by atoms with Crippen molar-refractivity contribution in [1.82, 2.24) is 30.8 Å². The number of benzene rings is 1. The van der Waals surface area contributed by atoms with Crippen LogP contribution in [-0.4, -0.2) is 50.0 Å². The van der Waals surface area contributed by atoms with Crippen molar-refractivity contribution in [3.05, 3.63) is 28.5 Å². The van der Waals surface area contributed by atoms with Gasteiger partial charge in [-0.3, -0.25) is 0 Å². The van der Waals surface area contributed by atoms with Crippen LogP contribution in [0.1, 0.15) is 6.42 Å². The van der Waals surface area contributed by atoms with E-state index in [1.807, 2.05) is 4.90 Å². The molecule has 24 heavy (non-hydrogen) atoms. The summed E-state index contributed by atoms with van der Waals surface area (Å²) in [6, 6.07) is 4.71. The molecule has 1 fully saturated rings. The zero-order chi connectivity index (χ0) is 16.5. The summed E-state index contributed by atoms with van der Waals surface area (Å²) in [5.41, 5.74) is 0. The standard InChI is InChI=1S/C13H11BrFN7O2/c14-9-2-1-7(15)5-10(9)23-8-3-4-22(6-8)13-19-18-12(24-13)11-16-20-21-17-11/h1-2,5,8H,3-4,6H2,(H,16,17,20,21). The number of anilines is 1. The third kappa shape index (κ3) is 2.94. The Morgan fingerprint density at radius 1 is 1.33 bits per heavy atom. The first-order chi connectivity index (χ1) is 11.7. The smallest absolute Gasteiger partial charge is 0.318 e.